The Kier molecular flexibility index (Phi) is 4.50. The lowest BCUT2D eigenvalue weighted by Gasteiger charge is -2.25. The highest BCUT2D eigenvalue weighted by molar-refractivity contribution is 5.97. The Labute approximate surface area is 142 Å². The lowest BCUT2D eigenvalue weighted by atomic mass is 10.0. The molecule has 2 aromatic rings. The van der Waals surface area contributed by atoms with Gasteiger partial charge in [0.05, 0.1) is 12.1 Å². The van der Waals surface area contributed by atoms with E-state index in [1.54, 1.807) is 0 Å². The molecule has 0 saturated carbocycles. The van der Waals surface area contributed by atoms with E-state index in [-0.39, 0.29) is 29.7 Å². The molecule has 25 heavy (non-hydrogen) atoms. The number of aliphatic hydroxyl groups is 1. The average molecular weight is 346 g/mol. The van der Waals surface area contributed by atoms with Gasteiger partial charge in [-0.1, -0.05) is 0 Å². The van der Waals surface area contributed by atoms with Gasteiger partial charge >= 0.3 is 0 Å². The molecule has 1 aliphatic rings. The first-order valence-corrected chi connectivity index (χ1v) is 7.70. The third kappa shape index (κ3) is 3.36. The van der Waals surface area contributed by atoms with Crippen LogP contribution in [0.4, 0.5) is 8.78 Å². The number of benzene rings is 2. The molecule has 5 nitrogen and oxygen atoms in total. The van der Waals surface area contributed by atoms with Gasteiger partial charge in [-0.2, -0.15) is 0 Å². The Balaban J connectivity index is 1.92. The molecule has 0 aliphatic carbocycles. The van der Waals surface area contributed by atoms with E-state index in [1.807, 2.05) is 0 Å². The van der Waals surface area contributed by atoms with Crippen LogP contribution in [-0.2, 0) is 0 Å². The minimum Gasteiger partial charge on any atom is -0.391 e. The lowest BCUT2D eigenvalue weighted by Crippen LogP contribution is -2.32. The maximum atomic E-state index is 14.1. The van der Waals surface area contributed by atoms with Gasteiger partial charge in [-0.15, -0.1) is 0 Å². The van der Waals surface area contributed by atoms with Crippen LogP contribution < -0.4 is 5.73 Å². The Bertz CT molecular complexity index is 824. The van der Waals surface area contributed by atoms with Crippen molar-refractivity contribution in [3.63, 3.8) is 0 Å². The Morgan fingerprint density at radius 3 is 2.36 bits per heavy atom. The van der Waals surface area contributed by atoms with Gasteiger partial charge in [-0.25, -0.2) is 8.78 Å². The Morgan fingerprint density at radius 1 is 1.08 bits per heavy atom. The maximum absolute atomic E-state index is 14.1. The van der Waals surface area contributed by atoms with Crippen LogP contribution in [0.5, 0.6) is 0 Å². The molecule has 130 valence electrons. The number of nitrogens with zero attached hydrogens (tertiary/aromatic N) is 1. The zero-order chi connectivity index (χ0) is 18.1. The second-order valence-electron chi connectivity index (χ2n) is 5.97. The van der Waals surface area contributed by atoms with E-state index in [1.165, 1.54) is 29.2 Å². The second-order valence-corrected chi connectivity index (χ2v) is 5.97. The van der Waals surface area contributed by atoms with E-state index in [9.17, 15) is 23.5 Å². The van der Waals surface area contributed by atoms with Gasteiger partial charge in [0.1, 0.15) is 11.6 Å². The SMILES string of the molecule is NC(=O)c1ccc(C(=O)N2C[C@H](O)C[C@H]2c2cc(F)ccc2F)cc1. The fourth-order valence-corrected chi connectivity index (χ4v) is 3.05. The molecule has 0 bridgehead atoms. The van der Waals surface area contributed by atoms with Crippen LogP contribution in [0.25, 0.3) is 0 Å². The summed E-state index contributed by atoms with van der Waals surface area (Å²) in [6.07, 6.45) is -0.715. The van der Waals surface area contributed by atoms with Crippen LogP contribution in [0.2, 0.25) is 0 Å². The van der Waals surface area contributed by atoms with E-state index in [2.05, 4.69) is 0 Å². The molecule has 7 heteroatoms. The van der Waals surface area contributed by atoms with E-state index < -0.39 is 35.6 Å². The number of halogens is 2. The number of hydrogen-bond donors (Lipinski definition) is 2. The van der Waals surface area contributed by atoms with Crippen LogP contribution in [0.15, 0.2) is 42.5 Å². The summed E-state index contributed by atoms with van der Waals surface area (Å²) in [5.41, 5.74) is 5.71. The smallest absolute Gasteiger partial charge is 0.254 e. The molecule has 2 amide bonds. The summed E-state index contributed by atoms with van der Waals surface area (Å²) in [7, 11) is 0. The molecule has 2 atom stereocenters. The standard InChI is InChI=1S/C18H16F2N2O3/c19-12-5-6-15(20)14(7-12)16-8-13(23)9-22(16)18(25)11-3-1-10(2-4-11)17(21)24/h1-7,13,16,23H,8-9H2,(H2,21,24)/t13-,16+/m1/s1. The van der Waals surface area contributed by atoms with Gasteiger partial charge in [-0.3, -0.25) is 9.59 Å². The largest absolute Gasteiger partial charge is 0.391 e. The molecule has 3 N–H and O–H groups in total. The summed E-state index contributed by atoms with van der Waals surface area (Å²) in [6, 6.07) is 7.97. The first-order valence-electron chi connectivity index (χ1n) is 7.70. The number of amides is 2. The van der Waals surface area contributed by atoms with Crippen molar-refractivity contribution in [2.45, 2.75) is 18.6 Å². The highest BCUT2D eigenvalue weighted by atomic mass is 19.1. The van der Waals surface area contributed by atoms with Crippen molar-refractivity contribution in [3.8, 4) is 0 Å². The molecular weight excluding hydrogens is 330 g/mol. The summed E-state index contributed by atoms with van der Waals surface area (Å²) in [4.78, 5) is 25.1. The number of carbonyl (C=O) groups excluding carboxylic acids is 2. The first-order chi connectivity index (χ1) is 11.9. The number of rotatable bonds is 3. The van der Waals surface area contributed by atoms with E-state index in [0.29, 0.717) is 0 Å². The van der Waals surface area contributed by atoms with Gasteiger partial charge < -0.3 is 15.7 Å². The molecule has 3 rings (SSSR count). The number of hydrogen-bond acceptors (Lipinski definition) is 3. The number of primary amides is 1. The summed E-state index contributed by atoms with van der Waals surface area (Å²) >= 11 is 0. The van der Waals surface area contributed by atoms with Gasteiger partial charge in [-0.05, 0) is 48.9 Å². The normalized spacial score (nSPS) is 19.9. The van der Waals surface area contributed by atoms with Crippen molar-refractivity contribution in [3.05, 3.63) is 70.8 Å². The van der Waals surface area contributed by atoms with Gasteiger partial charge in [0.2, 0.25) is 5.91 Å². The molecule has 1 aliphatic heterocycles. The van der Waals surface area contributed by atoms with Crippen molar-refractivity contribution in [2.24, 2.45) is 5.73 Å². The van der Waals surface area contributed by atoms with Gasteiger partial charge in [0.15, 0.2) is 0 Å². The van der Waals surface area contributed by atoms with E-state index in [4.69, 9.17) is 5.73 Å². The summed E-state index contributed by atoms with van der Waals surface area (Å²) < 4.78 is 27.6. The molecule has 0 spiro atoms. The predicted octanol–water partition coefficient (Wildman–Crippen LogP) is 2.01. The van der Waals surface area contributed by atoms with Crippen LogP contribution in [0.1, 0.15) is 38.7 Å². The number of β-amino-alcohol motifs (C(OH)–C–C–N with tert-alkyl or cyclic N) is 1. The lowest BCUT2D eigenvalue weighted by molar-refractivity contribution is 0.0713. The third-order valence-corrected chi connectivity index (χ3v) is 4.27. The minimum absolute atomic E-state index is 0.0109. The van der Waals surface area contributed by atoms with Crippen LogP contribution in [0, 0.1) is 11.6 Å². The fraction of sp³-hybridized carbons (Fsp3) is 0.222. The fourth-order valence-electron chi connectivity index (χ4n) is 3.05. The van der Waals surface area contributed by atoms with Crippen LogP contribution in [-0.4, -0.2) is 34.5 Å². The Hall–Kier alpha value is -2.80. The molecule has 0 radical (unpaired) electrons. The Morgan fingerprint density at radius 2 is 1.72 bits per heavy atom. The number of aliphatic hydroxyl groups excluding tert-OH is 1. The molecule has 2 aromatic carbocycles. The minimum atomic E-state index is -0.832. The van der Waals surface area contributed by atoms with E-state index in [0.717, 1.165) is 18.2 Å². The number of carbonyl (C=O) groups is 2. The third-order valence-electron chi connectivity index (χ3n) is 4.27. The summed E-state index contributed by atoms with van der Waals surface area (Å²) in [6.45, 7) is 0.0109. The number of nitrogens with two attached hydrogens (primary N) is 1. The molecular formula is C18H16F2N2O3. The second kappa shape index (κ2) is 6.60. The molecule has 1 fully saturated rings. The monoisotopic (exact) mass is 346 g/mol. The highest BCUT2D eigenvalue weighted by Gasteiger charge is 2.37. The number of likely N-dealkylation sites (tertiary alicyclic amines) is 1. The topological polar surface area (TPSA) is 83.6 Å². The zero-order valence-electron chi connectivity index (χ0n) is 13.2. The van der Waals surface area contributed by atoms with E-state index >= 15 is 0 Å². The van der Waals surface area contributed by atoms with Crippen molar-refractivity contribution in [1.82, 2.24) is 4.90 Å². The average Bonchev–Trinajstić information content (AvgIpc) is 2.98. The van der Waals surface area contributed by atoms with Gasteiger partial charge in [0, 0.05) is 23.2 Å². The molecule has 0 unspecified atom stereocenters. The predicted molar refractivity (Wildman–Crippen MR) is 85.7 cm³/mol. The summed E-state index contributed by atoms with van der Waals surface area (Å²) in [5.74, 6) is -2.31. The highest BCUT2D eigenvalue weighted by Crippen LogP contribution is 2.35. The quantitative estimate of drug-likeness (QED) is 0.892. The maximum Gasteiger partial charge on any atom is 0.254 e. The molecule has 0 aromatic heterocycles. The van der Waals surface area contributed by atoms with Crippen molar-refractivity contribution >= 4 is 11.8 Å². The van der Waals surface area contributed by atoms with Crippen molar-refractivity contribution in [1.29, 1.82) is 0 Å². The summed E-state index contributed by atoms with van der Waals surface area (Å²) in [5, 5.41) is 9.93. The van der Waals surface area contributed by atoms with Gasteiger partial charge in [0.25, 0.3) is 5.91 Å². The molecule has 1 heterocycles. The van der Waals surface area contributed by atoms with Crippen molar-refractivity contribution < 1.29 is 23.5 Å². The zero-order valence-corrected chi connectivity index (χ0v) is 13.2. The van der Waals surface area contributed by atoms with Crippen LogP contribution >= 0.6 is 0 Å². The van der Waals surface area contributed by atoms with Crippen molar-refractivity contribution in [2.75, 3.05) is 6.54 Å². The molecule has 1 saturated heterocycles. The van der Waals surface area contributed by atoms with Crippen LogP contribution in [0.3, 0.4) is 0 Å². The first kappa shape index (κ1) is 17.0.